The molecule has 0 spiro atoms. The van der Waals surface area contributed by atoms with E-state index in [0.29, 0.717) is 5.25 Å². The summed E-state index contributed by atoms with van der Waals surface area (Å²) in [6.45, 7) is 8.72. The highest BCUT2D eigenvalue weighted by Gasteiger charge is 2.29. The molecule has 0 aliphatic carbocycles. The van der Waals surface area contributed by atoms with E-state index in [9.17, 15) is 0 Å². The van der Waals surface area contributed by atoms with Gasteiger partial charge in [-0.15, -0.1) is 11.8 Å². The molecule has 0 aliphatic heterocycles. The molecular formula is C12H20N2S. The first-order valence-electron chi connectivity index (χ1n) is 5.24. The number of pyridine rings is 1. The van der Waals surface area contributed by atoms with Gasteiger partial charge in [-0.2, -0.15) is 0 Å². The van der Waals surface area contributed by atoms with Crippen molar-refractivity contribution in [2.24, 2.45) is 11.1 Å². The van der Waals surface area contributed by atoms with E-state index in [2.05, 4.69) is 32.7 Å². The van der Waals surface area contributed by atoms with Crippen LogP contribution in [-0.4, -0.2) is 16.3 Å². The maximum atomic E-state index is 6.02. The molecule has 2 unspecified atom stereocenters. The topological polar surface area (TPSA) is 38.9 Å². The molecule has 0 radical (unpaired) electrons. The van der Waals surface area contributed by atoms with Gasteiger partial charge in [0, 0.05) is 17.5 Å². The molecule has 1 heterocycles. The molecule has 1 aromatic heterocycles. The maximum Gasteiger partial charge on any atom is 0.0963 e. The van der Waals surface area contributed by atoms with Gasteiger partial charge >= 0.3 is 0 Å². The lowest BCUT2D eigenvalue weighted by atomic mass is 9.88. The van der Waals surface area contributed by atoms with E-state index in [1.54, 1.807) is 11.8 Å². The molecule has 84 valence electrons. The first kappa shape index (κ1) is 12.5. The first-order valence-corrected chi connectivity index (χ1v) is 6.12. The Morgan fingerprint density at radius 3 is 2.40 bits per heavy atom. The van der Waals surface area contributed by atoms with Crippen LogP contribution in [0.15, 0.2) is 29.4 Å². The Morgan fingerprint density at radius 1 is 1.33 bits per heavy atom. The summed E-state index contributed by atoms with van der Waals surface area (Å²) in [5, 5.41) is 1.43. The zero-order valence-corrected chi connectivity index (χ0v) is 10.7. The van der Waals surface area contributed by atoms with Gasteiger partial charge in [-0.25, -0.2) is 4.98 Å². The smallest absolute Gasteiger partial charge is 0.0963 e. The molecule has 1 aromatic rings. The van der Waals surface area contributed by atoms with Crippen LogP contribution in [0.25, 0.3) is 0 Å². The van der Waals surface area contributed by atoms with Crippen LogP contribution in [0.4, 0.5) is 0 Å². The number of nitrogens with zero attached hydrogens (tertiary/aromatic N) is 1. The average Bonchev–Trinajstić information content (AvgIpc) is 2.13. The van der Waals surface area contributed by atoms with Crippen LogP contribution in [0.1, 0.15) is 27.7 Å². The molecule has 2 atom stereocenters. The third-order valence-electron chi connectivity index (χ3n) is 2.22. The molecule has 2 nitrogen and oxygen atoms in total. The van der Waals surface area contributed by atoms with Gasteiger partial charge in [0.1, 0.15) is 0 Å². The van der Waals surface area contributed by atoms with Crippen molar-refractivity contribution in [2.75, 3.05) is 0 Å². The van der Waals surface area contributed by atoms with Gasteiger partial charge in [-0.05, 0) is 24.5 Å². The molecule has 0 saturated heterocycles. The van der Waals surface area contributed by atoms with Gasteiger partial charge in [-0.1, -0.05) is 26.8 Å². The number of thioether (sulfide) groups is 1. The number of rotatable bonds is 3. The summed E-state index contributed by atoms with van der Waals surface area (Å²) < 4.78 is 0. The summed E-state index contributed by atoms with van der Waals surface area (Å²) in [6, 6.07) is 6.14. The lowest BCUT2D eigenvalue weighted by Crippen LogP contribution is -2.38. The van der Waals surface area contributed by atoms with Crippen molar-refractivity contribution in [3.8, 4) is 0 Å². The second-order valence-electron chi connectivity index (χ2n) is 4.93. The van der Waals surface area contributed by atoms with Gasteiger partial charge in [0.15, 0.2) is 0 Å². The SMILES string of the molecule is CC(N)C(Sc1ccccn1)C(C)(C)C. The average molecular weight is 224 g/mol. The van der Waals surface area contributed by atoms with Crippen LogP contribution in [0.5, 0.6) is 0 Å². The quantitative estimate of drug-likeness (QED) is 0.802. The fourth-order valence-corrected chi connectivity index (χ4v) is 2.73. The third kappa shape index (κ3) is 3.84. The van der Waals surface area contributed by atoms with Crippen molar-refractivity contribution >= 4 is 11.8 Å². The van der Waals surface area contributed by atoms with E-state index in [-0.39, 0.29) is 11.5 Å². The van der Waals surface area contributed by atoms with Crippen molar-refractivity contribution in [3.63, 3.8) is 0 Å². The Kier molecular flexibility index (Phi) is 4.17. The predicted molar refractivity (Wildman–Crippen MR) is 67.0 cm³/mol. The van der Waals surface area contributed by atoms with Gasteiger partial charge in [0.2, 0.25) is 0 Å². The second-order valence-corrected chi connectivity index (χ2v) is 6.09. The molecule has 3 heteroatoms. The molecule has 0 aromatic carbocycles. The summed E-state index contributed by atoms with van der Waals surface area (Å²) in [7, 11) is 0. The minimum atomic E-state index is 0.164. The van der Waals surface area contributed by atoms with Crippen LogP contribution >= 0.6 is 11.8 Å². The lowest BCUT2D eigenvalue weighted by molar-refractivity contribution is 0.363. The molecule has 0 amide bonds. The number of hydrogen-bond donors (Lipinski definition) is 1. The number of hydrogen-bond acceptors (Lipinski definition) is 3. The molecule has 0 bridgehead atoms. The molecule has 0 fully saturated rings. The largest absolute Gasteiger partial charge is 0.327 e. The van der Waals surface area contributed by atoms with Gasteiger partial charge in [-0.3, -0.25) is 0 Å². The van der Waals surface area contributed by atoms with E-state index in [0.717, 1.165) is 5.03 Å². The van der Waals surface area contributed by atoms with Gasteiger partial charge in [0.05, 0.1) is 5.03 Å². The zero-order chi connectivity index (χ0) is 11.5. The molecule has 2 N–H and O–H groups in total. The van der Waals surface area contributed by atoms with Crippen LogP contribution < -0.4 is 5.73 Å². The Bertz CT molecular complexity index is 290. The fraction of sp³-hybridized carbons (Fsp3) is 0.583. The summed E-state index contributed by atoms with van der Waals surface area (Å²) in [4.78, 5) is 4.32. The minimum absolute atomic E-state index is 0.164. The highest BCUT2D eigenvalue weighted by molar-refractivity contribution is 8.00. The summed E-state index contributed by atoms with van der Waals surface area (Å²) in [5.41, 5.74) is 6.21. The van der Waals surface area contributed by atoms with Crippen molar-refractivity contribution in [1.29, 1.82) is 0 Å². The van der Waals surface area contributed by atoms with Crippen LogP contribution in [0, 0.1) is 5.41 Å². The minimum Gasteiger partial charge on any atom is -0.327 e. The predicted octanol–water partition coefficient (Wildman–Crippen LogP) is 2.94. The van der Waals surface area contributed by atoms with Crippen molar-refractivity contribution in [1.82, 2.24) is 4.98 Å². The molecule has 0 saturated carbocycles. The molecule has 15 heavy (non-hydrogen) atoms. The Morgan fingerprint density at radius 2 is 2.00 bits per heavy atom. The van der Waals surface area contributed by atoms with E-state index in [4.69, 9.17) is 5.73 Å². The van der Waals surface area contributed by atoms with E-state index < -0.39 is 0 Å². The van der Waals surface area contributed by atoms with Crippen LogP contribution in [-0.2, 0) is 0 Å². The number of aromatic nitrogens is 1. The summed E-state index contributed by atoms with van der Waals surface area (Å²) >= 11 is 1.77. The monoisotopic (exact) mass is 224 g/mol. The highest BCUT2D eigenvalue weighted by atomic mass is 32.2. The maximum absolute atomic E-state index is 6.02. The molecule has 1 rings (SSSR count). The van der Waals surface area contributed by atoms with Crippen molar-refractivity contribution in [3.05, 3.63) is 24.4 Å². The first-order chi connectivity index (χ1) is 6.91. The standard InChI is InChI=1S/C12H20N2S/c1-9(13)11(12(2,3)4)15-10-7-5-6-8-14-10/h5-9,11H,13H2,1-4H3. The Labute approximate surface area is 96.7 Å². The fourth-order valence-electron chi connectivity index (χ4n) is 1.62. The van der Waals surface area contributed by atoms with E-state index >= 15 is 0 Å². The third-order valence-corrected chi connectivity index (χ3v) is 4.09. The van der Waals surface area contributed by atoms with Crippen LogP contribution in [0.3, 0.4) is 0 Å². The summed E-state index contributed by atoms with van der Waals surface area (Å²) in [6.07, 6.45) is 1.82. The highest BCUT2D eigenvalue weighted by Crippen LogP contribution is 2.35. The van der Waals surface area contributed by atoms with Crippen molar-refractivity contribution in [2.45, 2.75) is 44.0 Å². The van der Waals surface area contributed by atoms with Gasteiger partial charge in [0.25, 0.3) is 0 Å². The summed E-state index contributed by atoms with van der Waals surface area (Å²) in [5.74, 6) is 0. The van der Waals surface area contributed by atoms with Crippen molar-refractivity contribution < 1.29 is 0 Å². The van der Waals surface area contributed by atoms with Gasteiger partial charge < -0.3 is 5.73 Å². The lowest BCUT2D eigenvalue weighted by Gasteiger charge is -2.32. The molecule has 0 aliphatic rings. The Hall–Kier alpha value is -0.540. The zero-order valence-electron chi connectivity index (χ0n) is 9.90. The normalized spacial score (nSPS) is 16.1. The Balaban J connectivity index is 2.77. The molecular weight excluding hydrogens is 204 g/mol. The van der Waals surface area contributed by atoms with E-state index in [1.807, 2.05) is 24.4 Å². The van der Waals surface area contributed by atoms with E-state index in [1.165, 1.54) is 0 Å². The number of nitrogens with two attached hydrogens (primary N) is 1. The second kappa shape index (κ2) is 4.99. The van der Waals surface area contributed by atoms with Crippen LogP contribution in [0.2, 0.25) is 0 Å².